The van der Waals surface area contributed by atoms with Crippen molar-refractivity contribution in [3.8, 4) is 11.3 Å². The summed E-state index contributed by atoms with van der Waals surface area (Å²) in [6, 6.07) is 14.4. The second-order valence-corrected chi connectivity index (χ2v) is 7.28. The third-order valence-electron chi connectivity index (χ3n) is 5.17. The highest BCUT2D eigenvalue weighted by Crippen LogP contribution is 2.24. The van der Waals surface area contributed by atoms with Gasteiger partial charge in [0, 0.05) is 44.4 Å². The molecule has 0 saturated carbocycles. The zero-order chi connectivity index (χ0) is 18.6. The molecule has 1 aliphatic heterocycles. The summed E-state index contributed by atoms with van der Waals surface area (Å²) >= 11 is 0. The lowest BCUT2D eigenvalue weighted by Crippen LogP contribution is -2.26. The van der Waals surface area contributed by atoms with Gasteiger partial charge >= 0.3 is 0 Å². The molecule has 4 rings (SSSR count). The van der Waals surface area contributed by atoms with E-state index in [1.807, 2.05) is 35.7 Å². The Morgan fingerprint density at radius 1 is 1.22 bits per heavy atom. The number of rotatable bonds is 7. The van der Waals surface area contributed by atoms with Crippen LogP contribution in [0.4, 0.5) is 5.82 Å². The van der Waals surface area contributed by atoms with Crippen LogP contribution >= 0.6 is 0 Å². The first-order valence-corrected chi connectivity index (χ1v) is 9.61. The summed E-state index contributed by atoms with van der Waals surface area (Å²) in [5, 5.41) is 8.25. The van der Waals surface area contributed by atoms with Crippen molar-refractivity contribution in [1.82, 2.24) is 19.5 Å². The van der Waals surface area contributed by atoms with Gasteiger partial charge in [-0.3, -0.25) is 0 Å². The molecule has 1 N–H and O–H groups in total. The number of aryl methyl sites for hydroxylation is 1. The Balaban J connectivity index is 1.52. The summed E-state index contributed by atoms with van der Waals surface area (Å²) in [6.45, 7) is 7.04. The molecule has 1 aromatic carbocycles. The molecule has 1 saturated heterocycles. The molecule has 3 aromatic rings. The average Bonchev–Trinajstić information content (AvgIpc) is 3.30. The van der Waals surface area contributed by atoms with Crippen molar-refractivity contribution in [2.75, 3.05) is 45.2 Å². The molecule has 1 atom stereocenters. The number of fused-ring (bicyclic) bond motifs is 1. The van der Waals surface area contributed by atoms with Gasteiger partial charge in [-0.2, -0.15) is 9.61 Å². The first kappa shape index (κ1) is 17.9. The van der Waals surface area contributed by atoms with Crippen molar-refractivity contribution in [2.45, 2.75) is 13.3 Å². The van der Waals surface area contributed by atoms with Gasteiger partial charge in [-0.05, 0) is 25.8 Å². The van der Waals surface area contributed by atoms with E-state index in [0.29, 0.717) is 5.92 Å². The molecule has 27 heavy (non-hydrogen) atoms. The van der Waals surface area contributed by atoms with Gasteiger partial charge in [-0.15, -0.1) is 0 Å². The predicted molar refractivity (Wildman–Crippen MR) is 108 cm³/mol. The quantitative estimate of drug-likeness (QED) is 0.697. The van der Waals surface area contributed by atoms with Gasteiger partial charge in [0.1, 0.15) is 5.82 Å². The highest BCUT2D eigenvalue weighted by atomic mass is 16.5. The lowest BCUT2D eigenvalue weighted by Gasteiger charge is -2.16. The van der Waals surface area contributed by atoms with Gasteiger partial charge in [0.2, 0.25) is 0 Å². The molecule has 0 amide bonds. The van der Waals surface area contributed by atoms with Crippen LogP contribution in [0.5, 0.6) is 0 Å². The van der Waals surface area contributed by atoms with E-state index in [0.717, 1.165) is 61.2 Å². The van der Waals surface area contributed by atoms with E-state index >= 15 is 0 Å². The first-order valence-electron chi connectivity index (χ1n) is 9.61. The lowest BCUT2D eigenvalue weighted by atomic mass is 10.1. The van der Waals surface area contributed by atoms with Crippen LogP contribution in [0.1, 0.15) is 12.1 Å². The molecule has 0 spiro atoms. The van der Waals surface area contributed by atoms with Crippen LogP contribution in [0.25, 0.3) is 16.9 Å². The number of aromatic nitrogens is 3. The van der Waals surface area contributed by atoms with Gasteiger partial charge < -0.3 is 15.0 Å². The fourth-order valence-corrected chi connectivity index (χ4v) is 3.72. The van der Waals surface area contributed by atoms with Crippen LogP contribution in [0.15, 0.2) is 42.5 Å². The molecule has 142 valence electrons. The zero-order valence-corrected chi connectivity index (χ0v) is 16.1. The van der Waals surface area contributed by atoms with Crippen LogP contribution in [0.2, 0.25) is 0 Å². The van der Waals surface area contributed by atoms with Gasteiger partial charge in [-0.25, -0.2) is 4.98 Å². The predicted octanol–water partition coefficient (Wildman–Crippen LogP) is 3.08. The lowest BCUT2D eigenvalue weighted by molar-refractivity contribution is 0.159. The smallest absolute Gasteiger partial charge is 0.158 e. The van der Waals surface area contributed by atoms with Crippen molar-refractivity contribution >= 4 is 11.5 Å². The third kappa shape index (κ3) is 4.12. The molecular formula is C21H27N5O. The Morgan fingerprint density at radius 2 is 2.07 bits per heavy atom. The number of ether oxygens (including phenoxy) is 1. The summed E-state index contributed by atoms with van der Waals surface area (Å²) < 4.78 is 7.11. The van der Waals surface area contributed by atoms with Crippen LogP contribution in [-0.4, -0.2) is 59.4 Å². The molecule has 3 heterocycles. The van der Waals surface area contributed by atoms with E-state index in [9.17, 15) is 0 Å². The van der Waals surface area contributed by atoms with Crippen molar-refractivity contribution < 1.29 is 4.74 Å². The normalized spacial score (nSPS) is 17.6. The topological polar surface area (TPSA) is 54.7 Å². The van der Waals surface area contributed by atoms with Crippen molar-refractivity contribution in [3.05, 3.63) is 48.2 Å². The zero-order valence-electron chi connectivity index (χ0n) is 16.1. The number of anilines is 1. The number of nitrogens with zero attached hydrogens (tertiary/aromatic N) is 4. The highest BCUT2D eigenvalue weighted by molar-refractivity contribution is 5.66. The Morgan fingerprint density at radius 3 is 2.89 bits per heavy atom. The minimum absolute atomic E-state index is 0.641. The van der Waals surface area contributed by atoms with Crippen molar-refractivity contribution in [3.63, 3.8) is 0 Å². The molecule has 2 aromatic heterocycles. The molecule has 6 nitrogen and oxygen atoms in total. The molecule has 1 fully saturated rings. The number of hydrogen-bond donors (Lipinski definition) is 1. The SMILES string of the molecule is COCCN1CC[C@H](CNc2cc(-c3ccccc3)nc3cc(C)nn23)C1. The molecule has 0 unspecified atom stereocenters. The fraction of sp³-hybridized carbons (Fsp3) is 0.429. The minimum Gasteiger partial charge on any atom is -0.383 e. The number of hydrogen-bond acceptors (Lipinski definition) is 5. The molecule has 1 aliphatic rings. The standard InChI is InChI=1S/C21H27N5O/c1-16-12-21-23-19(18-6-4-3-5-7-18)13-20(26(21)24-16)22-14-17-8-9-25(15-17)10-11-27-2/h3-7,12-13,17,22H,8-11,14-15H2,1-2H3/t17-/m1/s1. The second kappa shape index (κ2) is 8.06. The van der Waals surface area contributed by atoms with E-state index in [-0.39, 0.29) is 0 Å². The van der Waals surface area contributed by atoms with Crippen molar-refractivity contribution in [1.29, 1.82) is 0 Å². The first-order chi connectivity index (χ1) is 13.2. The largest absolute Gasteiger partial charge is 0.383 e. The van der Waals surface area contributed by atoms with E-state index in [1.165, 1.54) is 6.42 Å². The summed E-state index contributed by atoms with van der Waals surface area (Å²) in [6.07, 6.45) is 1.22. The van der Waals surface area contributed by atoms with Gasteiger partial charge in [-0.1, -0.05) is 30.3 Å². The van der Waals surface area contributed by atoms with E-state index in [1.54, 1.807) is 7.11 Å². The molecule has 0 radical (unpaired) electrons. The molecule has 6 heteroatoms. The number of benzene rings is 1. The van der Waals surface area contributed by atoms with Crippen LogP contribution in [-0.2, 0) is 4.74 Å². The van der Waals surface area contributed by atoms with Crippen LogP contribution < -0.4 is 5.32 Å². The maximum atomic E-state index is 5.20. The van der Waals surface area contributed by atoms with Crippen LogP contribution in [0, 0.1) is 12.8 Å². The van der Waals surface area contributed by atoms with Gasteiger partial charge in [0.05, 0.1) is 18.0 Å². The Kier molecular flexibility index (Phi) is 5.36. The number of nitrogens with one attached hydrogen (secondary N) is 1. The Hall–Kier alpha value is -2.44. The Bertz CT molecular complexity index is 892. The van der Waals surface area contributed by atoms with Crippen LogP contribution in [0.3, 0.4) is 0 Å². The van der Waals surface area contributed by atoms with Gasteiger partial charge in [0.25, 0.3) is 0 Å². The fourth-order valence-electron chi connectivity index (χ4n) is 3.72. The summed E-state index contributed by atoms with van der Waals surface area (Å²) in [5.41, 5.74) is 3.94. The highest BCUT2D eigenvalue weighted by Gasteiger charge is 2.22. The van der Waals surface area contributed by atoms with E-state index in [2.05, 4.69) is 33.5 Å². The van der Waals surface area contributed by atoms with E-state index < -0.39 is 0 Å². The summed E-state index contributed by atoms with van der Waals surface area (Å²) in [4.78, 5) is 7.27. The maximum absolute atomic E-state index is 5.20. The van der Waals surface area contributed by atoms with E-state index in [4.69, 9.17) is 9.72 Å². The molecular weight excluding hydrogens is 338 g/mol. The number of methoxy groups -OCH3 is 1. The monoisotopic (exact) mass is 365 g/mol. The minimum atomic E-state index is 0.641. The average molecular weight is 365 g/mol. The number of likely N-dealkylation sites (tertiary alicyclic amines) is 1. The second-order valence-electron chi connectivity index (χ2n) is 7.28. The maximum Gasteiger partial charge on any atom is 0.158 e. The van der Waals surface area contributed by atoms with Crippen molar-refractivity contribution in [2.24, 2.45) is 5.92 Å². The summed E-state index contributed by atoms with van der Waals surface area (Å²) in [5.74, 6) is 1.64. The summed E-state index contributed by atoms with van der Waals surface area (Å²) in [7, 11) is 1.76. The molecule has 0 bridgehead atoms. The van der Waals surface area contributed by atoms with Gasteiger partial charge in [0.15, 0.2) is 5.65 Å². The molecule has 0 aliphatic carbocycles. The Labute approximate surface area is 160 Å². The third-order valence-corrected chi connectivity index (χ3v) is 5.17.